The summed E-state index contributed by atoms with van der Waals surface area (Å²) < 4.78 is 40.1. The Bertz CT molecular complexity index is 892. The fourth-order valence-electron chi connectivity index (χ4n) is 2.40. The van der Waals surface area contributed by atoms with E-state index >= 15 is 0 Å². The van der Waals surface area contributed by atoms with E-state index < -0.39 is 17.6 Å². The Hall–Kier alpha value is -2.84. The molecule has 0 fully saturated rings. The Morgan fingerprint density at radius 3 is 2.50 bits per heavy atom. The number of hydrogen-bond donors (Lipinski definition) is 1. The van der Waals surface area contributed by atoms with Gasteiger partial charge in [0, 0.05) is 13.5 Å². The molecule has 0 aliphatic rings. The van der Waals surface area contributed by atoms with Crippen molar-refractivity contribution in [2.75, 3.05) is 0 Å². The van der Waals surface area contributed by atoms with Gasteiger partial charge < -0.3 is 0 Å². The zero-order valence-electron chi connectivity index (χ0n) is 12.7. The van der Waals surface area contributed by atoms with Crippen LogP contribution in [0.1, 0.15) is 22.8 Å². The van der Waals surface area contributed by atoms with Crippen LogP contribution in [0, 0.1) is 0 Å². The fraction of sp³-hybridized carbons (Fsp3) is 0.267. The highest BCUT2D eigenvalue weighted by Crippen LogP contribution is 2.29. The number of nitrogens with one attached hydrogen (secondary N) is 1. The molecule has 3 aromatic rings. The summed E-state index contributed by atoms with van der Waals surface area (Å²) in [7, 11) is 1.21. The molecular weight excluding hydrogens is 323 g/mol. The summed E-state index contributed by atoms with van der Waals surface area (Å²) in [5.41, 5.74) is -0.272. The SMILES string of the molecule is Cn1nc(Cn2nc(Cc3ccccc3)[nH]c2=O)cc1C(F)(F)F. The van der Waals surface area contributed by atoms with Crippen LogP contribution >= 0.6 is 0 Å². The van der Waals surface area contributed by atoms with Crippen LogP contribution in [0.25, 0.3) is 0 Å². The van der Waals surface area contributed by atoms with Gasteiger partial charge >= 0.3 is 11.9 Å². The number of H-pyrrole nitrogens is 1. The lowest BCUT2D eigenvalue weighted by molar-refractivity contribution is -0.143. The van der Waals surface area contributed by atoms with Gasteiger partial charge in [-0.15, -0.1) is 0 Å². The molecule has 0 unspecified atom stereocenters. The Kier molecular flexibility index (Phi) is 4.00. The minimum absolute atomic E-state index is 0.115. The molecule has 9 heteroatoms. The van der Waals surface area contributed by atoms with E-state index in [0.717, 1.165) is 21.0 Å². The first-order valence-corrected chi connectivity index (χ1v) is 7.13. The lowest BCUT2D eigenvalue weighted by Gasteiger charge is -2.04. The van der Waals surface area contributed by atoms with E-state index in [4.69, 9.17) is 0 Å². The molecule has 2 heterocycles. The Morgan fingerprint density at radius 1 is 1.17 bits per heavy atom. The molecule has 0 aliphatic heterocycles. The molecule has 0 atom stereocenters. The maximum Gasteiger partial charge on any atom is 0.433 e. The van der Waals surface area contributed by atoms with Gasteiger partial charge in [0.25, 0.3) is 0 Å². The van der Waals surface area contributed by atoms with Crippen LogP contribution in [0.15, 0.2) is 41.2 Å². The van der Waals surface area contributed by atoms with E-state index in [0.29, 0.717) is 12.2 Å². The summed E-state index contributed by atoms with van der Waals surface area (Å²) in [5, 5.41) is 7.91. The summed E-state index contributed by atoms with van der Waals surface area (Å²) in [6, 6.07) is 10.3. The summed E-state index contributed by atoms with van der Waals surface area (Å²) in [4.78, 5) is 14.5. The van der Waals surface area contributed by atoms with Crippen LogP contribution in [0.2, 0.25) is 0 Å². The molecule has 0 bridgehead atoms. The molecule has 0 radical (unpaired) electrons. The maximum atomic E-state index is 12.8. The number of hydrogen-bond acceptors (Lipinski definition) is 3. The summed E-state index contributed by atoms with van der Waals surface area (Å²) in [6.45, 7) is -0.131. The second kappa shape index (κ2) is 5.99. The van der Waals surface area contributed by atoms with Gasteiger partial charge in [0.1, 0.15) is 11.5 Å². The highest BCUT2D eigenvalue weighted by atomic mass is 19.4. The van der Waals surface area contributed by atoms with Crippen molar-refractivity contribution in [2.45, 2.75) is 19.1 Å². The minimum Gasteiger partial charge on any atom is -0.292 e. The lowest BCUT2D eigenvalue weighted by Crippen LogP contribution is -2.19. The van der Waals surface area contributed by atoms with Crippen LogP contribution in [0.5, 0.6) is 0 Å². The van der Waals surface area contributed by atoms with Crippen molar-refractivity contribution in [1.29, 1.82) is 0 Å². The van der Waals surface area contributed by atoms with Gasteiger partial charge in [-0.25, -0.2) is 9.48 Å². The molecule has 0 amide bonds. The van der Waals surface area contributed by atoms with E-state index in [1.165, 1.54) is 7.05 Å². The van der Waals surface area contributed by atoms with Crippen molar-refractivity contribution in [3.8, 4) is 0 Å². The number of aromatic amines is 1. The monoisotopic (exact) mass is 337 g/mol. The van der Waals surface area contributed by atoms with Crippen molar-refractivity contribution < 1.29 is 13.2 Å². The molecule has 2 aromatic heterocycles. The van der Waals surface area contributed by atoms with Crippen molar-refractivity contribution in [1.82, 2.24) is 24.5 Å². The molecule has 1 N–H and O–H groups in total. The number of alkyl halides is 3. The van der Waals surface area contributed by atoms with E-state index in [1.807, 2.05) is 30.3 Å². The first kappa shape index (κ1) is 16.0. The molecular formula is C15H14F3N5O. The molecule has 0 saturated heterocycles. The van der Waals surface area contributed by atoms with Gasteiger partial charge in [-0.2, -0.15) is 23.4 Å². The fourth-order valence-corrected chi connectivity index (χ4v) is 2.40. The molecule has 24 heavy (non-hydrogen) atoms. The topological polar surface area (TPSA) is 68.5 Å². The normalized spacial score (nSPS) is 11.8. The quantitative estimate of drug-likeness (QED) is 0.791. The number of nitrogens with zero attached hydrogens (tertiary/aromatic N) is 4. The second-order valence-electron chi connectivity index (χ2n) is 5.34. The highest BCUT2D eigenvalue weighted by Gasteiger charge is 2.34. The van der Waals surface area contributed by atoms with E-state index in [1.54, 1.807) is 0 Å². The van der Waals surface area contributed by atoms with Crippen LogP contribution in [-0.2, 0) is 26.2 Å². The molecule has 0 spiro atoms. The zero-order chi connectivity index (χ0) is 17.3. The number of benzene rings is 1. The van der Waals surface area contributed by atoms with E-state index in [-0.39, 0.29) is 12.2 Å². The highest BCUT2D eigenvalue weighted by molar-refractivity contribution is 5.18. The third kappa shape index (κ3) is 3.39. The smallest absolute Gasteiger partial charge is 0.292 e. The largest absolute Gasteiger partial charge is 0.433 e. The number of halogens is 3. The second-order valence-corrected chi connectivity index (χ2v) is 5.34. The maximum absolute atomic E-state index is 12.8. The molecule has 0 saturated carbocycles. The van der Waals surface area contributed by atoms with Gasteiger partial charge in [0.15, 0.2) is 0 Å². The summed E-state index contributed by atoms with van der Waals surface area (Å²) in [6.07, 6.45) is -4.06. The minimum atomic E-state index is -4.49. The van der Waals surface area contributed by atoms with Crippen LogP contribution < -0.4 is 5.69 Å². The standard InChI is InChI=1S/C15H14F3N5O/c1-22-12(15(16,17)18)8-11(20-22)9-23-14(24)19-13(21-23)7-10-5-3-2-4-6-10/h2-6,8H,7,9H2,1H3,(H,19,21,24). The summed E-state index contributed by atoms with van der Waals surface area (Å²) in [5.74, 6) is 0.443. The average molecular weight is 337 g/mol. The number of aromatic nitrogens is 5. The predicted molar refractivity (Wildman–Crippen MR) is 79.4 cm³/mol. The molecule has 1 aromatic carbocycles. The van der Waals surface area contributed by atoms with Gasteiger partial charge in [-0.1, -0.05) is 30.3 Å². The third-order valence-corrected chi connectivity index (χ3v) is 3.47. The molecule has 126 valence electrons. The molecule has 0 aliphatic carbocycles. The van der Waals surface area contributed by atoms with Gasteiger partial charge in [-0.3, -0.25) is 9.67 Å². The van der Waals surface area contributed by atoms with Crippen molar-refractivity contribution in [3.05, 3.63) is 69.7 Å². The number of rotatable bonds is 4. The van der Waals surface area contributed by atoms with Gasteiger partial charge in [-0.05, 0) is 11.6 Å². The van der Waals surface area contributed by atoms with Crippen molar-refractivity contribution in [3.63, 3.8) is 0 Å². The third-order valence-electron chi connectivity index (χ3n) is 3.47. The average Bonchev–Trinajstić information content (AvgIpc) is 3.03. The Labute approximate surface area is 134 Å². The van der Waals surface area contributed by atoms with Gasteiger partial charge in [0.2, 0.25) is 0 Å². The lowest BCUT2D eigenvalue weighted by atomic mass is 10.1. The molecule has 3 rings (SSSR count). The van der Waals surface area contributed by atoms with Crippen molar-refractivity contribution >= 4 is 0 Å². The Balaban J connectivity index is 1.80. The van der Waals surface area contributed by atoms with E-state index in [2.05, 4.69) is 15.2 Å². The first-order chi connectivity index (χ1) is 11.3. The first-order valence-electron chi connectivity index (χ1n) is 7.13. The van der Waals surface area contributed by atoms with Crippen LogP contribution in [0.3, 0.4) is 0 Å². The predicted octanol–water partition coefficient (Wildman–Crippen LogP) is 1.96. The van der Waals surface area contributed by atoms with E-state index in [9.17, 15) is 18.0 Å². The Morgan fingerprint density at radius 2 is 1.88 bits per heavy atom. The number of aryl methyl sites for hydroxylation is 1. The molecule has 6 nitrogen and oxygen atoms in total. The van der Waals surface area contributed by atoms with Gasteiger partial charge in [0.05, 0.1) is 12.2 Å². The zero-order valence-corrected chi connectivity index (χ0v) is 12.7. The van der Waals surface area contributed by atoms with Crippen molar-refractivity contribution in [2.24, 2.45) is 7.05 Å². The van der Waals surface area contributed by atoms with Crippen LogP contribution in [0.4, 0.5) is 13.2 Å². The van der Waals surface area contributed by atoms with Crippen LogP contribution in [-0.4, -0.2) is 24.5 Å². The summed E-state index contributed by atoms with van der Waals surface area (Å²) >= 11 is 0.